The van der Waals surface area contributed by atoms with Gasteiger partial charge in [0.2, 0.25) is 5.78 Å². The van der Waals surface area contributed by atoms with Gasteiger partial charge in [-0.05, 0) is 63.9 Å². The van der Waals surface area contributed by atoms with Crippen molar-refractivity contribution >= 4 is 23.2 Å². The summed E-state index contributed by atoms with van der Waals surface area (Å²) in [5, 5.41) is 47.3. The van der Waals surface area contributed by atoms with Gasteiger partial charge < -0.3 is 36.2 Å². The molecular weight excluding hydrogens is 563 g/mol. The average Bonchev–Trinajstić information content (AvgIpc) is 2.84. The zero-order chi connectivity index (χ0) is 31.5. The third kappa shape index (κ3) is 4.95. The van der Waals surface area contributed by atoms with E-state index in [4.69, 9.17) is 10.5 Å². The van der Waals surface area contributed by atoms with Crippen LogP contribution in [0.15, 0.2) is 23.0 Å². The summed E-state index contributed by atoms with van der Waals surface area (Å²) >= 11 is 0. The van der Waals surface area contributed by atoms with E-state index in [1.54, 1.807) is 0 Å². The van der Waals surface area contributed by atoms with E-state index in [2.05, 4.69) is 5.32 Å². The smallest absolute Gasteiger partial charge is 0.417 e. The van der Waals surface area contributed by atoms with Crippen molar-refractivity contribution in [1.82, 2.24) is 10.2 Å². The number of benzene rings is 1. The van der Waals surface area contributed by atoms with Crippen molar-refractivity contribution in [2.45, 2.75) is 57.2 Å². The van der Waals surface area contributed by atoms with Crippen LogP contribution in [-0.4, -0.2) is 87.8 Å². The standard InChI is InChI=1S/C28H34F3N3O8/c1-11(2)42-6-5-33-10-13-9-16(35)18-14(20(13)28(29,30)31)7-12-8-15-21(34(3)4)23(37)19(26(32)40)25(39)27(15,41)24(38)17(12)22(18)36/h9,11-12,15,21,33,35-36,39,41H,5-8,10H2,1-4H3,(H2,32,40)/t12-,15-,21-,27-/m0/s1. The van der Waals surface area contributed by atoms with E-state index in [1.165, 1.54) is 19.0 Å². The van der Waals surface area contributed by atoms with Crippen molar-refractivity contribution in [2.75, 3.05) is 27.2 Å². The van der Waals surface area contributed by atoms with Gasteiger partial charge in [-0.25, -0.2) is 0 Å². The average molecular weight is 598 g/mol. The number of hydrogen-bond donors (Lipinski definition) is 6. The van der Waals surface area contributed by atoms with E-state index in [0.717, 1.165) is 6.07 Å². The number of carbonyl (C=O) groups excluding carboxylic acids is 3. The number of nitrogens with one attached hydrogen (secondary N) is 1. The first-order valence-electron chi connectivity index (χ1n) is 13.4. The maximum absolute atomic E-state index is 14.5. The van der Waals surface area contributed by atoms with Crippen LogP contribution in [0.3, 0.4) is 0 Å². The van der Waals surface area contributed by atoms with E-state index in [1.807, 2.05) is 13.8 Å². The maximum Gasteiger partial charge on any atom is 0.417 e. The van der Waals surface area contributed by atoms with Gasteiger partial charge in [0.05, 0.1) is 29.9 Å². The molecule has 230 valence electrons. The summed E-state index contributed by atoms with van der Waals surface area (Å²) in [6, 6.07) is -0.495. The summed E-state index contributed by atoms with van der Waals surface area (Å²) < 4.78 is 49.0. The molecule has 0 spiro atoms. The van der Waals surface area contributed by atoms with Gasteiger partial charge in [-0.3, -0.25) is 19.3 Å². The highest BCUT2D eigenvalue weighted by atomic mass is 19.4. The Morgan fingerprint density at radius 3 is 2.43 bits per heavy atom. The number of halogens is 3. The van der Waals surface area contributed by atoms with Crippen molar-refractivity contribution in [1.29, 1.82) is 0 Å². The molecule has 0 aliphatic heterocycles. The van der Waals surface area contributed by atoms with Crippen molar-refractivity contribution in [3.8, 4) is 5.75 Å². The Labute approximate surface area is 239 Å². The summed E-state index contributed by atoms with van der Waals surface area (Å²) in [6.45, 7) is 3.80. The van der Waals surface area contributed by atoms with Crippen molar-refractivity contribution in [2.24, 2.45) is 17.6 Å². The summed E-state index contributed by atoms with van der Waals surface area (Å²) in [6.07, 6.45) is -5.78. The largest absolute Gasteiger partial charge is 0.508 e. The number of alkyl halides is 3. The Bertz CT molecular complexity index is 1400. The number of Topliss-reactive ketones (excluding diaryl/α,β-unsaturated/α-hetero) is 2. The molecule has 0 saturated heterocycles. The molecule has 1 fully saturated rings. The lowest BCUT2D eigenvalue weighted by molar-refractivity contribution is -0.153. The highest BCUT2D eigenvalue weighted by Gasteiger charge is 2.64. The number of amides is 1. The van der Waals surface area contributed by atoms with Crippen LogP contribution in [0.25, 0.3) is 5.76 Å². The van der Waals surface area contributed by atoms with Gasteiger partial charge in [0, 0.05) is 24.6 Å². The lowest BCUT2D eigenvalue weighted by Crippen LogP contribution is -2.65. The molecule has 1 saturated carbocycles. The highest BCUT2D eigenvalue weighted by molar-refractivity contribution is 6.24. The molecular formula is C28H34F3N3O8. The second kappa shape index (κ2) is 11.0. The number of aromatic hydroxyl groups is 1. The van der Waals surface area contributed by atoms with Crippen LogP contribution < -0.4 is 11.1 Å². The summed E-state index contributed by atoms with van der Waals surface area (Å²) in [7, 11) is 2.86. The molecule has 0 radical (unpaired) electrons. The van der Waals surface area contributed by atoms with Crippen LogP contribution in [0.5, 0.6) is 5.75 Å². The number of primary amides is 1. The minimum absolute atomic E-state index is 0.0727. The first-order valence-corrected chi connectivity index (χ1v) is 13.4. The van der Waals surface area contributed by atoms with Crippen molar-refractivity contribution in [3.05, 3.63) is 45.2 Å². The molecule has 1 amide bonds. The molecule has 4 atom stereocenters. The molecule has 42 heavy (non-hydrogen) atoms. The number of likely N-dealkylation sites (N-methyl/N-ethyl adjacent to an activating group) is 1. The fraction of sp³-hybridized carbons (Fsp3) is 0.536. The number of aliphatic hydroxyl groups is 3. The Kier molecular flexibility index (Phi) is 8.23. The highest BCUT2D eigenvalue weighted by Crippen LogP contribution is 2.54. The summed E-state index contributed by atoms with van der Waals surface area (Å²) in [5.74, 6) is -9.15. The monoisotopic (exact) mass is 597 g/mol. The van der Waals surface area contributed by atoms with Gasteiger partial charge in [-0.15, -0.1) is 0 Å². The Balaban J connectivity index is 1.87. The maximum atomic E-state index is 14.5. The van der Waals surface area contributed by atoms with Crippen LogP contribution >= 0.6 is 0 Å². The molecule has 1 aromatic carbocycles. The number of phenolic OH excluding ortho intramolecular Hbond substituents is 1. The fourth-order valence-corrected chi connectivity index (χ4v) is 6.47. The topological polar surface area (TPSA) is 183 Å². The van der Waals surface area contributed by atoms with Gasteiger partial charge in [-0.2, -0.15) is 13.2 Å². The summed E-state index contributed by atoms with van der Waals surface area (Å²) in [4.78, 5) is 40.4. The van der Waals surface area contributed by atoms with Crippen LogP contribution in [0.1, 0.15) is 42.5 Å². The quantitative estimate of drug-likeness (QED) is 0.190. The number of carbonyl (C=O) groups is 3. The van der Waals surface area contributed by atoms with E-state index in [0.29, 0.717) is 0 Å². The number of nitrogens with two attached hydrogens (primary N) is 1. The Hall–Kier alpha value is -3.46. The molecule has 3 aliphatic rings. The van der Waals surface area contributed by atoms with E-state index >= 15 is 0 Å². The number of ether oxygens (including phenoxy) is 1. The van der Waals surface area contributed by atoms with Gasteiger partial charge in [-0.1, -0.05) is 0 Å². The van der Waals surface area contributed by atoms with Crippen molar-refractivity contribution < 1.29 is 52.7 Å². The van der Waals surface area contributed by atoms with Crippen LogP contribution in [0, 0.1) is 11.8 Å². The second-order valence-electron chi connectivity index (χ2n) is 11.3. The van der Waals surface area contributed by atoms with Crippen LogP contribution in [0.4, 0.5) is 13.2 Å². The van der Waals surface area contributed by atoms with Gasteiger partial charge >= 0.3 is 6.18 Å². The third-order valence-corrected chi connectivity index (χ3v) is 8.13. The Morgan fingerprint density at radius 1 is 1.24 bits per heavy atom. The van der Waals surface area contributed by atoms with Gasteiger partial charge in [0.15, 0.2) is 11.4 Å². The molecule has 0 unspecified atom stereocenters. The van der Waals surface area contributed by atoms with Gasteiger partial charge in [0.25, 0.3) is 5.91 Å². The lowest BCUT2D eigenvalue weighted by Gasteiger charge is -2.50. The predicted octanol–water partition coefficient (Wildman–Crippen LogP) is 1.50. The molecule has 1 aromatic rings. The summed E-state index contributed by atoms with van der Waals surface area (Å²) in [5.41, 5.74) is -1.54. The number of ketones is 2. The molecule has 0 aromatic heterocycles. The normalized spacial score (nSPS) is 26.1. The number of fused-ring (bicyclic) bond motifs is 3. The first-order chi connectivity index (χ1) is 19.4. The number of nitrogens with zero attached hydrogens (tertiary/aromatic N) is 1. The molecule has 7 N–H and O–H groups in total. The predicted molar refractivity (Wildman–Crippen MR) is 142 cm³/mol. The molecule has 0 heterocycles. The molecule has 11 nitrogen and oxygen atoms in total. The van der Waals surface area contributed by atoms with E-state index in [9.17, 15) is 48.0 Å². The zero-order valence-electron chi connectivity index (χ0n) is 23.5. The minimum atomic E-state index is -4.91. The SMILES string of the molecule is CC(C)OCCNCc1cc(O)c2c(c1C(F)(F)F)C[C@H]1C[C@H]3[C@H](N(C)C)C(=O)C(C(N)=O)=C(O)[C@@]3(O)C(=O)C1=C2O. The Morgan fingerprint density at radius 2 is 1.88 bits per heavy atom. The lowest BCUT2D eigenvalue weighted by atomic mass is 9.57. The molecule has 0 bridgehead atoms. The van der Waals surface area contributed by atoms with Gasteiger partial charge in [0.1, 0.15) is 22.8 Å². The minimum Gasteiger partial charge on any atom is -0.508 e. The zero-order valence-corrected chi connectivity index (χ0v) is 23.5. The molecule has 4 rings (SSSR count). The van der Waals surface area contributed by atoms with E-state index < -0.39 is 98.7 Å². The van der Waals surface area contributed by atoms with E-state index in [-0.39, 0.29) is 37.8 Å². The number of rotatable bonds is 8. The second-order valence-corrected chi connectivity index (χ2v) is 11.3. The fourth-order valence-electron chi connectivity index (χ4n) is 6.47. The molecule has 14 heteroatoms. The van der Waals surface area contributed by atoms with Crippen LogP contribution in [0.2, 0.25) is 0 Å². The third-order valence-electron chi connectivity index (χ3n) is 8.13. The van der Waals surface area contributed by atoms with Crippen molar-refractivity contribution in [3.63, 3.8) is 0 Å². The first kappa shape index (κ1) is 31.5. The number of hydrogen-bond acceptors (Lipinski definition) is 10. The molecule has 3 aliphatic carbocycles. The number of phenols is 1. The van der Waals surface area contributed by atoms with Crippen LogP contribution in [-0.2, 0) is 38.3 Å². The number of aliphatic hydroxyl groups excluding tert-OH is 2.